The van der Waals surface area contributed by atoms with Gasteiger partial charge in [0.15, 0.2) is 0 Å². The first-order valence-corrected chi connectivity index (χ1v) is 11.0. The zero-order valence-corrected chi connectivity index (χ0v) is 17.9. The molecule has 172 valence electrons. The Bertz CT molecular complexity index is 1370. The average molecular weight is 463 g/mol. The lowest BCUT2D eigenvalue weighted by Crippen LogP contribution is -2.30. The smallest absolute Gasteiger partial charge is 0.314 e. The summed E-state index contributed by atoms with van der Waals surface area (Å²) in [5.41, 5.74) is 4.28. The fraction of sp³-hybridized carbons (Fsp3) is 0.304. The third kappa shape index (κ3) is 3.35. The number of nitrogens with one attached hydrogen (secondary N) is 1. The van der Waals surface area contributed by atoms with Crippen molar-refractivity contribution in [3.63, 3.8) is 0 Å². The lowest BCUT2D eigenvalue weighted by Gasteiger charge is -2.20. The molecule has 4 aromatic rings. The Morgan fingerprint density at radius 3 is 2.65 bits per heavy atom. The van der Waals surface area contributed by atoms with Crippen molar-refractivity contribution in [3.8, 4) is 22.7 Å². The van der Waals surface area contributed by atoms with Gasteiger partial charge in [0.2, 0.25) is 11.8 Å². The van der Waals surface area contributed by atoms with Crippen molar-refractivity contribution >= 4 is 11.6 Å². The van der Waals surface area contributed by atoms with Crippen LogP contribution in [0.25, 0.3) is 22.7 Å². The number of pyridine rings is 1. The highest BCUT2D eigenvalue weighted by Crippen LogP contribution is 2.49. The largest absolute Gasteiger partial charge is 0.415 e. The fourth-order valence-electron chi connectivity index (χ4n) is 4.81. The number of nitrogens with zero attached hydrogens (tertiary/aromatic N) is 6. The van der Waals surface area contributed by atoms with Gasteiger partial charge >= 0.3 is 6.43 Å². The van der Waals surface area contributed by atoms with Crippen LogP contribution >= 0.6 is 0 Å². The number of fused-ring (bicyclic) bond motifs is 2. The first kappa shape index (κ1) is 20.6. The first-order chi connectivity index (χ1) is 16.5. The molecule has 4 heterocycles. The topological polar surface area (TPSA) is 112 Å². The molecule has 1 fully saturated rings. The molecule has 0 saturated heterocycles. The molecule has 11 heteroatoms. The Labute approximate surface area is 192 Å². The van der Waals surface area contributed by atoms with Crippen LogP contribution in [0.5, 0.6) is 0 Å². The molecule has 34 heavy (non-hydrogen) atoms. The SMILES string of the molecule is O=C1Nc2ccc(-c3cn(Cc4ccc(-c5nnc(C(F)F)o5)cn4)nn3)cc2C12CCCC2. The number of hydrogen-bond donors (Lipinski definition) is 1. The van der Waals surface area contributed by atoms with Crippen LogP contribution < -0.4 is 5.32 Å². The summed E-state index contributed by atoms with van der Waals surface area (Å²) >= 11 is 0. The molecule has 3 aromatic heterocycles. The summed E-state index contributed by atoms with van der Waals surface area (Å²) < 4.78 is 31.9. The molecule has 6 rings (SSSR count). The van der Waals surface area contributed by atoms with Gasteiger partial charge in [0, 0.05) is 17.4 Å². The fourth-order valence-corrected chi connectivity index (χ4v) is 4.81. The van der Waals surface area contributed by atoms with E-state index >= 15 is 0 Å². The van der Waals surface area contributed by atoms with E-state index in [-0.39, 0.29) is 11.8 Å². The normalized spacial score (nSPS) is 16.4. The molecule has 1 aliphatic carbocycles. The number of carbonyl (C=O) groups excluding carboxylic acids is 1. The van der Waals surface area contributed by atoms with Crippen LogP contribution in [0.4, 0.5) is 14.5 Å². The van der Waals surface area contributed by atoms with E-state index in [1.807, 2.05) is 18.3 Å². The van der Waals surface area contributed by atoms with E-state index in [1.165, 1.54) is 6.20 Å². The maximum Gasteiger partial charge on any atom is 0.314 e. The molecule has 1 spiro atoms. The lowest BCUT2D eigenvalue weighted by molar-refractivity contribution is -0.120. The zero-order valence-electron chi connectivity index (χ0n) is 17.9. The van der Waals surface area contributed by atoms with Crippen LogP contribution in [0.2, 0.25) is 0 Å². The van der Waals surface area contributed by atoms with Crippen LogP contribution in [-0.2, 0) is 16.8 Å². The molecule has 1 N–H and O–H groups in total. The van der Waals surface area contributed by atoms with Gasteiger partial charge in [-0.3, -0.25) is 9.78 Å². The minimum absolute atomic E-state index is 0.0120. The van der Waals surface area contributed by atoms with E-state index in [9.17, 15) is 13.6 Å². The van der Waals surface area contributed by atoms with Crippen molar-refractivity contribution in [2.45, 2.75) is 44.1 Å². The van der Waals surface area contributed by atoms with Crippen molar-refractivity contribution in [2.75, 3.05) is 5.32 Å². The number of carbonyl (C=O) groups is 1. The molecule has 0 bridgehead atoms. The third-order valence-electron chi connectivity index (χ3n) is 6.53. The number of halogens is 2. The van der Waals surface area contributed by atoms with E-state index in [2.05, 4.69) is 36.9 Å². The number of aromatic nitrogens is 6. The molecule has 9 nitrogen and oxygen atoms in total. The van der Waals surface area contributed by atoms with E-state index < -0.39 is 17.7 Å². The number of rotatable bonds is 5. The minimum atomic E-state index is -2.82. The van der Waals surface area contributed by atoms with Crippen LogP contribution in [0.3, 0.4) is 0 Å². The predicted octanol–water partition coefficient (Wildman–Crippen LogP) is 4.14. The van der Waals surface area contributed by atoms with Gasteiger partial charge in [0.25, 0.3) is 5.89 Å². The summed E-state index contributed by atoms with van der Waals surface area (Å²) in [7, 11) is 0. The predicted molar refractivity (Wildman–Crippen MR) is 116 cm³/mol. The van der Waals surface area contributed by atoms with E-state index in [1.54, 1.807) is 16.8 Å². The Kier molecular flexibility index (Phi) is 4.71. The Hall–Kier alpha value is -4.02. The minimum Gasteiger partial charge on any atom is -0.415 e. The van der Waals surface area contributed by atoms with Crippen molar-refractivity contribution in [3.05, 3.63) is 59.9 Å². The molecule has 1 saturated carbocycles. The van der Waals surface area contributed by atoms with Gasteiger partial charge in [-0.2, -0.15) is 8.78 Å². The van der Waals surface area contributed by atoms with Crippen molar-refractivity contribution in [1.82, 2.24) is 30.2 Å². The van der Waals surface area contributed by atoms with Crippen molar-refractivity contribution in [2.24, 2.45) is 0 Å². The maximum atomic E-state index is 12.7. The van der Waals surface area contributed by atoms with Gasteiger partial charge < -0.3 is 9.73 Å². The zero-order chi connectivity index (χ0) is 23.3. The molecule has 1 amide bonds. The molecular formula is C23H19F2N7O2. The van der Waals surface area contributed by atoms with Crippen LogP contribution in [0.1, 0.15) is 49.3 Å². The Morgan fingerprint density at radius 1 is 1.09 bits per heavy atom. The van der Waals surface area contributed by atoms with Crippen molar-refractivity contribution < 1.29 is 18.0 Å². The summed E-state index contributed by atoms with van der Waals surface area (Å²) in [6, 6.07) is 9.34. The van der Waals surface area contributed by atoms with Gasteiger partial charge in [-0.05, 0) is 42.7 Å². The average Bonchev–Trinajstić information content (AvgIpc) is 3.63. The number of hydrogen-bond acceptors (Lipinski definition) is 7. The van der Waals surface area contributed by atoms with Gasteiger partial charge in [-0.1, -0.05) is 24.1 Å². The highest BCUT2D eigenvalue weighted by Gasteiger charge is 2.48. The second-order valence-corrected chi connectivity index (χ2v) is 8.59. The van der Waals surface area contributed by atoms with Gasteiger partial charge in [0.1, 0.15) is 5.69 Å². The summed E-state index contributed by atoms with van der Waals surface area (Å²) in [6.45, 7) is 0.369. The molecule has 2 aliphatic rings. The van der Waals surface area contributed by atoms with Gasteiger partial charge in [-0.15, -0.1) is 15.3 Å². The number of benzene rings is 1. The van der Waals surface area contributed by atoms with Crippen LogP contribution in [0.15, 0.2) is 47.1 Å². The summed E-state index contributed by atoms with van der Waals surface area (Å²) in [6.07, 6.45) is 4.35. The standard InChI is InChI=1S/C23H19F2N7O2/c24-19(25)21-30-29-20(34-21)14-3-5-15(26-10-14)11-32-12-18(28-31-32)13-4-6-17-16(9-13)23(22(33)27-17)7-1-2-8-23/h3-6,9-10,12,19H,1-2,7-8,11H2,(H,27,33). The van der Waals surface area contributed by atoms with E-state index in [0.29, 0.717) is 23.5 Å². The van der Waals surface area contributed by atoms with Gasteiger partial charge in [0.05, 0.1) is 29.4 Å². The third-order valence-corrected chi connectivity index (χ3v) is 6.53. The lowest BCUT2D eigenvalue weighted by atomic mass is 9.79. The first-order valence-electron chi connectivity index (χ1n) is 11.0. The number of alkyl halides is 2. The molecular weight excluding hydrogens is 444 g/mol. The summed E-state index contributed by atoms with van der Waals surface area (Å²) in [4.78, 5) is 17.0. The maximum absolute atomic E-state index is 12.7. The van der Waals surface area contributed by atoms with Crippen LogP contribution in [-0.4, -0.2) is 36.1 Å². The second-order valence-electron chi connectivity index (χ2n) is 8.59. The molecule has 0 atom stereocenters. The van der Waals surface area contributed by atoms with Crippen LogP contribution in [0, 0.1) is 0 Å². The quantitative estimate of drug-likeness (QED) is 0.473. The molecule has 0 radical (unpaired) electrons. The highest BCUT2D eigenvalue weighted by molar-refractivity contribution is 6.06. The van der Waals surface area contributed by atoms with Gasteiger partial charge in [-0.25, -0.2) is 4.68 Å². The highest BCUT2D eigenvalue weighted by atomic mass is 19.3. The van der Waals surface area contributed by atoms with E-state index in [0.717, 1.165) is 42.5 Å². The summed E-state index contributed by atoms with van der Waals surface area (Å²) in [5, 5.41) is 18.5. The molecule has 1 aromatic carbocycles. The van der Waals surface area contributed by atoms with E-state index in [4.69, 9.17) is 4.42 Å². The number of anilines is 1. The molecule has 0 unspecified atom stereocenters. The number of amides is 1. The molecule has 1 aliphatic heterocycles. The Balaban J connectivity index is 1.20. The Morgan fingerprint density at radius 2 is 1.91 bits per heavy atom. The summed E-state index contributed by atoms with van der Waals surface area (Å²) in [5.74, 6) is -0.636. The second kappa shape index (κ2) is 7.79. The monoisotopic (exact) mass is 463 g/mol. The van der Waals surface area contributed by atoms with Crippen molar-refractivity contribution in [1.29, 1.82) is 0 Å².